The topological polar surface area (TPSA) is 58.4 Å². The molecular weight excluding hydrogens is 290 g/mol. The van der Waals surface area contributed by atoms with Gasteiger partial charge in [0.05, 0.1) is 12.6 Å². The zero-order valence-electron chi connectivity index (χ0n) is 13.5. The summed E-state index contributed by atoms with van der Waals surface area (Å²) in [6.07, 6.45) is 4.42. The van der Waals surface area contributed by atoms with E-state index in [4.69, 9.17) is 4.52 Å². The van der Waals surface area contributed by atoms with Crippen molar-refractivity contribution in [3.05, 3.63) is 42.1 Å². The number of carbonyl (C=O) groups excluding carboxylic acids is 1. The number of rotatable bonds is 4. The Kier molecular flexibility index (Phi) is 5.08. The molecule has 1 aliphatic heterocycles. The van der Waals surface area contributed by atoms with Crippen LogP contribution < -0.4 is 5.32 Å². The van der Waals surface area contributed by atoms with Gasteiger partial charge in [0, 0.05) is 11.6 Å². The van der Waals surface area contributed by atoms with Crippen LogP contribution in [-0.4, -0.2) is 35.6 Å². The lowest BCUT2D eigenvalue weighted by Crippen LogP contribution is -2.44. The monoisotopic (exact) mass is 313 g/mol. The first-order chi connectivity index (χ1) is 11.2. The summed E-state index contributed by atoms with van der Waals surface area (Å²) in [5.41, 5.74) is 1.73. The van der Waals surface area contributed by atoms with Crippen LogP contribution in [0.1, 0.15) is 31.4 Å². The van der Waals surface area contributed by atoms with Crippen molar-refractivity contribution in [1.29, 1.82) is 0 Å². The molecule has 1 N–H and O–H groups in total. The SMILES string of the molecule is CN1CCCCCC1C(=O)NCc1cc(-c2ccccc2)on1. The highest BCUT2D eigenvalue weighted by atomic mass is 16.5. The van der Waals surface area contributed by atoms with Crippen LogP contribution in [0.5, 0.6) is 0 Å². The number of likely N-dealkylation sites (N-methyl/N-ethyl adjacent to an activating group) is 1. The van der Waals surface area contributed by atoms with Crippen LogP contribution in [0.3, 0.4) is 0 Å². The third kappa shape index (κ3) is 3.99. The van der Waals surface area contributed by atoms with E-state index >= 15 is 0 Å². The van der Waals surface area contributed by atoms with Gasteiger partial charge in [-0.15, -0.1) is 0 Å². The minimum atomic E-state index is -0.0296. The Hall–Kier alpha value is -2.14. The summed E-state index contributed by atoms with van der Waals surface area (Å²) in [6.45, 7) is 1.39. The second-order valence-corrected chi connectivity index (χ2v) is 6.11. The van der Waals surface area contributed by atoms with Crippen molar-refractivity contribution >= 4 is 5.91 Å². The van der Waals surface area contributed by atoms with Gasteiger partial charge in [-0.1, -0.05) is 48.3 Å². The van der Waals surface area contributed by atoms with Crippen molar-refractivity contribution in [2.45, 2.75) is 38.3 Å². The number of amides is 1. The van der Waals surface area contributed by atoms with E-state index in [1.165, 1.54) is 12.8 Å². The van der Waals surface area contributed by atoms with Gasteiger partial charge in [-0.05, 0) is 26.4 Å². The maximum absolute atomic E-state index is 12.4. The van der Waals surface area contributed by atoms with E-state index in [1.54, 1.807) is 0 Å². The fourth-order valence-electron chi connectivity index (χ4n) is 3.01. The summed E-state index contributed by atoms with van der Waals surface area (Å²) < 4.78 is 5.36. The fourth-order valence-corrected chi connectivity index (χ4v) is 3.01. The standard InChI is InChI=1S/C18H23N3O2/c1-21-11-7-3-6-10-16(21)18(22)19-13-15-12-17(23-20-15)14-8-4-2-5-9-14/h2,4-5,8-9,12,16H,3,6-7,10-11,13H2,1H3,(H,19,22). The third-order valence-corrected chi connectivity index (χ3v) is 4.38. The predicted molar refractivity (Wildman–Crippen MR) is 88.7 cm³/mol. The molecule has 0 radical (unpaired) electrons. The highest BCUT2D eigenvalue weighted by Gasteiger charge is 2.24. The molecule has 2 heterocycles. The molecule has 1 unspecified atom stereocenters. The average Bonchev–Trinajstić information content (AvgIpc) is 2.95. The highest BCUT2D eigenvalue weighted by molar-refractivity contribution is 5.81. The minimum Gasteiger partial charge on any atom is -0.356 e. The van der Waals surface area contributed by atoms with E-state index in [0.29, 0.717) is 6.54 Å². The first-order valence-electron chi connectivity index (χ1n) is 8.23. The zero-order valence-corrected chi connectivity index (χ0v) is 13.5. The zero-order chi connectivity index (χ0) is 16.1. The lowest BCUT2D eigenvalue weighted by Gasteiger charge is -2.24. The normalized spacial score (nSPS) is 19.3. The summed E-state index contributed by atoms with van der Waals surface area (Å²) >= 11 is 0. The maximum Gasteiger partial charge on any atom is 0.237 e. The van der Waals surface area contributed by atoms with Crippen LogP contribution in [0.2, 0.25) is 0 Å². The maximum atomic E-state index is 12.4. The molecule has 1 aromatic carbocycles. The van der Waals surface area contributed by atoms with Crippen molar-refractivity contribution < 1.29 is 9.32 Å². The van der Waals surface area contributed by atoms with Crippen molar-refractivity contribution in [2.24, 2.45) is 0 Å². The first-order valence-corrected chi connectivity index (χ1v) is 8.23. The Morgan fingerprint density at radius 2 is 2.13 bits per heavy atom. The van der Waals surface area contributed by atoms with Crippen LogP contribution >= 0.6 is 0 Å². The predicted octanol–water partition coefficient (Wildman–Crippen LogP) is 2.83. The number of aromatic nitrogens is 1. The van der Waals surface area contributed by atoms with Gasteiger partial charge < -0.3 is 9.84 Å². The van der Waals surface area contributed by atoms with Crippen molar-refractivity contribution in [3.63, 3.8) is 0 Å². The van der Waals surface area contributed by atoms with Gasteiger partial charge in [0.15, 0.2) is 5.76 Å². The number of nitrogens with zero attached hydrogens (tertiary/aromatic N) is 2. The quantitative estimate of drug-likeness (QED) is 0.943. The molecule has 0 aliphatic carbocycles. The summed E-state index contributed by atoms with van der Waals surface area (Å²) in [6, 6.07) is 11.7. The second kappa shape index (κ2) is 7.42. The van der Waals surface area contributed by atoms with E-state index in [1.807, 2.05) is 43.4 Å². The molecule has 0 bridgehead atoms. The molecule has 0 saturated carbocycles. The molecule has 23 heavy (non-hydrogen) atoms. The van der Waals surface area contributed by atoms with E-state index in [-0.39, 0.29) is 11.9 Å². The molecule has 5 heteroatoms. The second-order valence-electron chi connectivity index (χ2n) is 6.11. The highest BCUT2D eigenvalue weighted by Crippen LogP contribution is 2.20. The Labute approximate surface area is 136 Å². The Bertz CT molecular complexity index is 639. The lowest BCUT2D eigenvalue weighted by atomic mass is 10.1. The Morgan fingerprint density at radius 1 is 1.30 bits per heavy atom. The third-order valence-electron chi connectivity index (χ3n) is 4.38. The van der Waals surface area contributed by atoms with E-state index in [9.17, 15) is 4.79 Å². The molecule has 1 saturated heterocycles. The average molecular weight is 313 g/mol. The number of hydrogen-bond acceptors (Lipinski definition) is 4. The number of hydrogen-bond donors (Lipinski definition) is 1. The number of nitrogens with one attached hydrogen (secondary N) is 1. The van der Waals surface area contributed by atoms with E-state index in [2.05, 4.69) is 15.4 Å². The Morgan fingerprint density at radius 3 is 2.96 bits per heavy atom. The van der Waals surface area contributed by atoms with Crippen LogP contribution in [0, 0.1) is 0 Å². The van der Waals surface area contributed by atoms with Gasteiger partial charge in [-0.2, -0.15) is 0 Å². The number of benzene rings is 1. The molecule has 0 spiro atoms. The van der Waals surface area contributed by atoms with Crippen LogP contribution in [0.4, 0.5) is 0 Å². The van der Waals surface area contributed by atoms with Gasteiger partial charge >= 0.3 is 0 Å². The molecule has 1 amide bonds. The van der Waals surface area contributed by atoms with Gasteiger partial charge in [-0.3, -0.25) is 9.69 Å². The van der Waals surface area contributed by atoms with Crippen molar-refractivity contribution in [3.8, 4) is 11.3 Å². The first kappa shape index (κ1) is 15.7. The van der Waals surface area contributed by atoms with Gasteiger partial charge in [0.1, 0.15) is 5.69 Å². The van der Waals surface area contributed by atoms with Crippen LogP contribution in [0.15, 0.2) is 40.9 Å². The summed E-state index contributed by atoms with van der Waals surface area (Å²) in [5, 5.41) is 7.03. The summed E-state index contributed by atoms with van der Waals surface area (Å²) in [4.78, 5) is 14.6. The van der Waals surface area contributed by atoms with Gasteiger partial charge in [0.2, 0.25) is 5.91 Å². The van der Waals surface area contributed by atoms with E-state index in [0.717, 1.165) is 36.4 Å². The molecule has 1 aliphatic rings. The molecule has 1 fully saturated rings. The molecule has 1 aromatic heterocycles. The minimum absolute atomic E-state index is 0.0296. The summed E-state index contributed by atoms with van der Waals surface area (Å²) in [7, 11) is 2.03. The van der Waals surface area contributed by atoms with Gasteiger partial charge in [0.25, 0.3) is 0 Å². The molecule has 3 rings (SSSR count). The number of likely N-dealkylation sites (tertiary alicyclic amines) is 1. The molecule has 5 nitrogen and oxygen atoms in total. The molecule has 2 aromatic rings. The molecule has 1 atom stereocenters. The summed E-state index contributed by atoms with van der Waals surface area (Å²) in [5.74, 6) is 0.806. The van der Waals surface area contributed by atoms with E-state index < -0.39 is 0 Å². The fraction of sp³-hybridized carbons (Fsp3) is 0.444. The molecular formula is C18H23N3O2. The largest absolute Gasteiger partial charge is 0.356 e. The van der Waals surface area contributed by atoms with Crippen molar-refractivity contribution in [2.75, 3.05) is 13.6 Å². The Balaban J connectivity index is 1.58. The lowest BCUT2D eigenvalue weighted by molar-refractivity contribution is -0.126. The van der Waals surface area contributed by atoms with Crippen LogP contribution in [-0.2, 0) is 11.3 Å². The number of carbonyl (C=O) groups is 1. The molecule has 122 valence electrons. The van der Waals surface area contributed by atoms with Gasteiger partial charge in [-0.25, -0.2) is 0 Å². The van der Waals surface area contributed by atoms with Crippen LogP contribution in [0.25, 0.3) is 11.3 Å². The van der Waals surface area contributed by atoms with Crippen molar-refractivity contribution in [1.82, 2.24) is 15.4 Å². The smallest absolute Gasteiger partial charge is 0.237 e.